The standard InChI is InChI=1S/C11H13NO6/c13-9-5-11(17-6-10(9)14)18-8-3-1-7(2-4-8)12(15)16/h1-4,9-11,13-14H,5-6H2. The SMILES string of the molecule is O=[N+]([O-])c1ccc(OC2CC(O)C(O)CO2)cc1. The Balaban J connectivity index is 1.95. The highest BCUT2D eigenvalue weighted by atomic mass is 16.7. The molecule has 0 spiro atoms. The number of aliphatic hydroxyl groups is 2. The molecule has 2 rings (SSSR count). The van der Waals surface area contributed by atoms with E-state index in [1.165, 1.54) is 24.3 Å². The van der Waals surface area contributed by atoms with E-state index in [0.29, 0.717) is 5.75 Å². The molecule has 0 aromatic heterocycles. The third-order valence-electron chi connectivity index (χ3n) is 2.65. The highest BCUT2D eigenvalue weighted by molar-refractivity contribution is 5.36. The quantitative estimate of drug-likeness (QED) is 0.600. The van der Waals surface area contributed by atoms with Crippen molar-refractivity contribution in [3.05, 3.63) is 34.4 Å². The molecule has 2 N–H and O–H groups in total. The van der Waals surface area contributed by atoms with Crippen molar-refractivity contribution in [2.24, 2.45) is 0 Å². The summed E-state index contributed by atoms with van der Waals surface area (Å²) >= 11 is 0. The van der Waals surface area contributed by atoms with Crippen LogP contribution in [0, 0.1) is 10.1 Å². The topological polar surface area (TPSA) is 102 Å². The van der Waals surface area contributed by atoms with Crippen LogP contribution in [-0.2, 0) is 4.74 Å². The average molecular weight is 255 g/mol. The molecule has 1 heterocycles. The molecule has 3 atom stereocenters. The van der Waals surface area contributed by atoms with Crippen LogP contribution in [0.2, 0.25) is 0 Å². The first-order valence-electron chi connectivity index (χ1n) is 5.45. The van der Waals surface area contributed by atoms with E-state index in [2.05, 4.69) is 0 Å². The highest BCUT2D eigenvalue weighted by Crippen LogP contribution is 2.22. The van der Waals surface area contributed by atoms with E-state index in [4.69, 9.17) is 9.47 Å². The molecule has 98 valence electrons. The number of nitrogens with zero attached hydrogens (tertiary/aromatic N) is 1. The summed E-state index contributed by atoms with van der Waals surface area (Å²) < 4.78 is 10.6. The molecule has 1 aliphatic rings. The maximum Gasteiger partial charge on any atom is 0.269 e. The highest BCUT2D eigenvalue weighted by Gasteiger charge is 2.29. The molecule has 7 nitrogen and oxygen atoms in total. The van der Waals surface area contributed by atoms with E-state index in [0.717, 1.165) is 0 Å². The number of rotatable bonds is 3. The van der Waals surface area contributed by atoms with Crippen LogP contribution in [-0.4, -0.2) is 40.2 Å². The molecule has 1 aliphatic heterocycles. The van der Waals surface area contributed by atoms with Gasteiger partial charge < -0.3 is 19.7 Å². The number of ether oxygens (including phenoxy) is 2. The summed E-state index contributed by atoms with van der Waals surface area (Å²) in [5, 5.41) is 29.2. The first-order valence-corrected chi connectivity index (χ1v) is 5.45. The smallest absolute Gasteiger partial charge is 0.269 e. The summed E-state index contributed by atoms with van der Waals surface area (Å²) in [6.45, 7) is -0.00118. The number of nitro benzene ring substituents is 1. The van der Waals surface area contributed by atoms with Gasteiger partial charge in [-0.25, -0.2) is 0 Å². The molecular formula is C11H13NO6. The number of non-ortho nitro benzene ring substituents is 1. The van der Waals surface area contributed by atoms with Crippen molar-refractivity contribution in [1.82, 2.24) is 0 Å². The molecule has 1 fully saturated rings. The normalized spacial score (nSPS) is 27.8. The minimum Gasteiger partial charge on any atom is -0.465 e. The van der Waals surface area contributed by atoms with Crippen molar-refractivity contribution in [3.63, 3.8) is 0 Å². The summed E-state index contributed by atoms with van der Waals surface area (Å²) in [7, 11) is 0. The van der Waals surface area contributed by atoms with Crippen LogP contribution >= 0.6 is 0 Å². The minimum absolute atomic E-state index is 0.00118. The van der Waals surface area contributed by atoms with E-state index in [-0.39, 0.29) is 18.7 Å². The maximum atomic E-state index is 10.5. The molecule has 1 aromatic rings. The van der Waals surface area contributed by atoms with Crippen LogP contribution in [0.4, 0.5) is 5.69 Å². The largest absolute Gasteiger partial charge is 0.465 e. The van der Waals surface area contributed by atoms with Gasteiger partial charge in [0.05, 0.1) is 17.6 Å². The molecule has 0 bridgehead atoms. The van der Waals surface area contributed by atoms with Gasteiger partial charge in [0.2, 0.25) is 6.29 Å². The molecule has 0 aliphatic carbocycles. The Kier molecular flexibility index (Phi) is 3.75. The van der Waals surface area contributed by atoms with Crippen molar-refractivity contribution in [1.29, 1.82) is 0 Å². The van der Waals surface area contributed by atoms with Crippen molar-refractivity contribution in [2.75, 3.05) is 6.61 Å². The van der Waals surface area contributed by atoms with Crippen molar-refractivity contribution in [2.45, 2.75) is 24.9 Å². The van der Waals surface area contributed by atoms with Gasteiger partial charge in [-0.1, -0.05) is 0 Å². The Bertz CT molecular complexity index is 420. The zero-order valence-corrected chi connectivity index (χ0v) is 9.43. The van der Waals surface area contributed by atoms with Gasteiger partial charge in [-0.3, -0.25) is 10.1 Å². The van der Waals surface area contributed by atoms with Crippen LogP contribution in [0.25, 0.3) is 0 Å². The maximum absolute atomic E-state index is 10.5. The number of aliphatic hydroxyl groups excluding tert-OH is 2. The van der Waals surface area contributed by atoms with Gasteiger partial charge in [-0.15, -0.1) is 0 Å². The second kappa shape index (κ2) is 5.30. The summed E-state index contributed by atoms with van der Waals surface area (Å²) in [6.07, 6.45) is -2.30. The van der Waals surface area contributed by atoms with Gasteiger partial charge in [0.15, 0.2) is 0 Å². The molecule has 7 heteroatoms. The Labute approximate surface area is 103 Å². The lowest BCUT2D eigenvalue weighted by molar-refractivity contribution is -0.384. The number of nitro groups is 1. The molecule has 1 aromatic carbocycles. The van der Waals surface area contributed by atoms with Gasteiger partial charge in [0.25, 0.3) is 5.69 Å². The fourth-order valence-corrected chi connectivity index (χ4v) is 1.62. The van der Waals surface area contributed by atoms with E-state index in [1.807, 2.05) is 0 Å². The Hall–Kier alpha value is -1.70. The molecule has 0 amide bonds. The number of hydrogen-bond acceptors (Lipinski definition) is 6. The predicted molar refractivity (Wildman–Crippen MR) is 60.1 cm³/mol. The molecular weight excluding hydrogens is 242 g/mol. The van der Waals surface area contributed by atoms with Crippen molar-refractivity contribution < 1.29 is 24.6 Å². The van der Waals surface area contributed by atoms with Crippen LogP contribution in [0.5, 0.6) is 5.75 Å². The second-order valence-corrected chi connectivity index (χ2v) is 4.00. The third-order valence-corrected chi connectivity index (χ3v) is 2.65. The zero-order valence-electron chi connectivity index (χ0n) is 9.43. The zero-order chi connectivity index (χ0) is 13.1. The second-order valence-electron chi connectivity index (χ2n) is 4.00. The molecule has 3 unspecified atom stereocenters. The summed E-state index contributed by atoms with van der Waals surface area (Å²) in [6, 6.07) is 5.56. The molecule has 1 saturated heterocycles. The number of benzene rings is 1. The Morgan fingerprint density at radius 2 is 1.94 bits per heavy atom. The Morgan fingerprint density at radius 3 is 2.50 bits per heavy atom. The van der Waals surface area contributed by atoms with Gasteiger partial charge in [0, 0.05) is 18.6 Å². The van der Waals surface area contributed by atoms with Gasteiger partial charge in [0.1, 0.15) is 11.9 Å². The third kappa shape index (κ3) is 2.95. The lowest BCUT2D eigenvalue weighted by atomic mass is 10.1. The summed E-state index contributed by atoms with van der Waals surface area (Å²) in [5.41, 5.74) is -0.0256. The van der Waals surface area contributed by atoms with Crippen LogP contribution in [0.1, 0.15) is 6.42 Å². The lowest BCUT2D eigenvalue weighted by Crippen LogP contribution is -2.43. The summed E-state index contributed by atoms with van der Waals surface area (Å²) in [5.74, 6) is 0.411. The first kappa shape index (κ1) is 12.7. The molecule has 0 radical (unpaired) electrons. The van der Waals surface area contributed by atoms with E-state index < -0.39 is 23.4 Å². The fraction of sp³-hybridized carbons (Fsp3) is 0.455. The summed E-state index contributed by atoms with van der Waals surface area (Å²) in [4.78, 5) is 9.96. The van der Waals surface area contributed by atoms with Gasteiger partial charge in [-0.05, 0) is 12.1 Å². The van der Waals surface area contributed by atoms with Crippen LogP contribution < -0.4 is 4.74 Å². The van der Waals surface area contributed by atoms with Gasteiger partial charge >= 0.3 is 0 Å². The predicted octanol–water partition coefficient (Wildman–Crippen LogP) is 0.442. The molecule has 0 saturated carbocycles. The number of hydrogen-bond donors (Lipinski definition) is 2. The van der Waals surface area contributed by atoms with Gasteiger partial charge in [-0.2, -0.15) is 0 Å². The van der Waals surface area contributed by atoms with Crippen molar-refractivity contribution in [3.8, 4) is 5.75 Å². The fourth-order valence-electron chi connectivity index (χ4n) is 1.62. The molecule has 18 heavy (non-hydrogen) atoms. The Morgan fingerprint density at radius 1 is 1.28 bits per heavy atom. The average Bonchev–Trinajstić information content (AvgIpc) is 2.34. The van der Waals surface area contributed by atoms with E-state index >= 15 is 0 Å². The monoisotopic (exact) mass is 255 g/mol. The minimum atomic E-state index is -0.901. The van der Waals surface area contributed by atoms with E-state index in [1.54, 1.807) is 0 Å². The van der Waals surface area contributed by atoms with Crippen molar-refractivity contribution >= 4 is 5.69 Å². The first-order chi connectivity index (χ1) is 8.56. The van der Waals surface area contributed by atoms with Crippen LogP contribution in [0.15, 0.2) is 24.3 Å². The van der Waals surface area contributed by atoms with Crippen LogP contribution in [0.3, 0.4) is 0 Å². The van der Waals surface area contributed by atoms with E-state index in [9.17, 15) is 20.3 Å². The lowest BCUT2D eigenvalue weighted by Gasteiger charge is -2.30.